The molecule has 6 nitrogen and oxygen atoms in total. The molecular weight excluding hydrogens is 266 g/mol. The first kappa shape index (κ1) is 14.0. The lowest BCUT2D eigenvalue weighted by Crippen LogP contribution is -2.65. The lowest BCUT2D eigenvalue weighted by atomic mass is 10.0. The van der Waals surface area contributed by atoms with Gasteiger partial charge >= 0.3 is 0 Å². The topological polar surface area (TPSA) is 92.5 Å². The summed E-state index contributed by atoms with van der Waals surface area (Å²) >= 11 is 0. The standard InChI is InChI=1S/C12H17N3O3S/c1-10(16)15-8-7-14-9-12(15,19(13,17)18)11-5-3-2-4-6-11/h2-6,14H,7-9H2,1H3,(H2,13,17,18). The number of carbonyl (C=O) groups excluding carboxylic acids is 1. The van der Waals surface area contributed by atoms with E-state index < -0.39 is 14.9 Å². The van der Waals surface area contributed by atoms with Gasteiger partial charge < -0.3 is 10.2 Å². The van der Waals surface area contributed by atoms with Gasteiger partial charge in [0.05, 0.1) is 0 Å². The first-order valence-corrected chi connectivity index (χ1v) is 7.51. The molecule has 0 spiro atoms. The maximum Gasteiger partial charge on any atom is 0.239 e. The van der Waals surface area contributed by atoms with Crippen molar-refractivity contribution in [3.63, 3.8) is 0 Å². The van der Waals surface area contributed by atoms with Crippen LogP contribution in [-0.4, -0.2) is 38.9 Å². The number of piperazine rings is 1. The van der Waals surface area contributed by atoms with Gasteiger partial charge in [-0.1, -0.05) is 30.3 Å². The summed E-state index contributed by atoms with van der Waals surface area (Å²) < 4.78 is 24.3. The predicted molar refractivity (Wildman–Crippen MR) is 71.5 cm³/mol. The Morgan fingerprint density at radius 3 is 2.53 bits per heavy atom. The first-order chi connectivity index (χ1) is 8.89. The van der Waals surface area contributed by atoms with Gasteiger partial charge in [0, 0.05) is 26.6 Å². The van der Waals surface area contributed by atoms with E-state index in [0.29, 0.717) is 18.7 Å². The Bertz CT molecular complexity index is 573. The van der Waals surface area contributed by atoms with E-state index in [9.17, 15) is 13.2 Å². The SMILES string of the molecule is CC(=O)N1CCNCC1(c1ccccc1)S(N)(=O)=O. The highest BCUT2D eigenvalue weighted by atomic mass is 32.2. The Balaban J connectivity index is 2.67. The number of nitrogens with zero attached hydrogens (tertiary/aromatic N) is 1. The molecule has 7 heteroatoms. The maximum absolute atomic E-state index is 12.2. The lowest BCUT2D eigenvalue weighted by Gasteiger charge is -2.45. The van der Waals surface area contributed by atoms with Gasteiger partial charge in [-0.3, -0.25) is 4.79 Å². The van der Waals surface area contributed by atoms with E-state index in [1.54, 1.807) is 30.3 Å². The average Bonchev–Trinajstić information content (AvgIpc) is 2.38. The Hall–Kier alpha value is -1.44. The van der Waals surface area contributed by atoms with E-state index in [-0.39, 0.29) is 12.5 Å². The number of benzene rings is 1. The van der Waals surface area contributed by atoms with Crippen molar-refractivity contribution in [2.75, 3.05) is 19.6 Å². The van der Waals surface area contributed by atoms with Gasteiger partial charge in [0.1, 0.15) is 0 Å². The van der Waals surface area contributed by atoms with Crippen molar-refractivity contribution in [2.24, 2.45) is 5.14 Å². The van der Waals surface area contributed by atoms with Crippen LogP contribution in [-0.2, 0) is 19.7 Å². The highest BCUT2D eigenvalue weighted by Gasteiger charge is 2.51. The van der Waals surface area contributed by atoms with Crippen molar-refractivity contribution in [2.45, 2.75) is 11.8 Å². The number of nitrogens with one attached hydrogen (secondary N) is 1. The molecule has 1 saturated heterocycles. The van der Waals surface area contributed by atoms with E-state index in [1.807, 2.05) is 0 Å². The largest absolute Gasteiger partial charge is 0.316 e. The normalized spacial score (nSPS) is 24.2. The molecule has 0 aromatic heterocycles. The molecule has 0 bridgehead atoms. The van der Waals surface area contributed by atoms with Gasteiger partial charge in [0.15, 0.2) is 4.87 Å². The molecule has 2 rings (SSSR count). The van der Waals surface area contributed by atoms with Crippen LogP contribution in [0, 0.1) is 0 Å². The van der Waals surface area contributed by atoms with E-state index >= 15 is 0 Å². The van der Waals surface area contributed by atoms with Crippen molar-refractivity contribution < 1.29 is 13.2 Å². The second-order valence-electron chi connectivity index (χ2n) is 4.54. The third kappa shape index (κ3) is 2.24. The van der Waals surface area contributed by atoms with Crippen LogP contribution in [0.15, 0.2) is 30.3 Å². The molecule has 1 atom stereocenters. The molecule has 1 amide bonds. The maximum atomic E-state index is 12.2. The zero-order valence-corrected chi connectivity index (χ0v) is 11.5. The van der Waals surface area contributed by atoms with Crippen LogP contribution in [0.25, 0.3) is 0 Å². The molecule has 1 aromatic carbocycles. The van der Waals surface area contributed by atoms with Gasteiger partial charge in [0.25, 0.3) is 0 Å². The summed E-state index contributed by atoms with van der Waals surface area (Å²) in [5, 5.41) is 8.46. The molecule has 1 heterocycles. The molecule has 19 heavy (non-hydrogen) atoms. The van der Waals surface area contributed by atoms with Crippen LogP contribution in [0.2, 0.25) is 0 Å². The monoisotopic (exact) mass is 283 g/mol. The van der Waals surface area contributed by atoms with Crippen molar-refractivity contribution >= 4 is 15.9 Å². The highest BCUT2D eigenvalue weighted by molar-refractivity contribution is 7.90. The molecule has 1 aliphatic rings. The third-order valence-electron chi connectivity index (χ3n) is 3.39. The number of hydrogen-bond donors (Lipinski definition) is 2. The summed E-state index contributed by atoms with van der Waals surface area (Å²) in [6.45, 7) is 2.30. The van der Waals surface area contributed by atoms with Gasteiger partial charge in [-0.2, -0.15) is 0 Å². The molecule has 1 fully saturated rings. The molecule has 1 unspecified atom stereocenters. The number of primary sulfonamides is 1. The third-order valence-corrected chi connectivity index (χ3v) is 4.93. The fourth-order valence-electron chi connectivity index (χ4n) is 2.51. The van der Waals surface area contributed by atoms with Crippen LogP contribution >= 0.6 is 0 Å². The van der Waals surface area contributed by atoms with Crippen LogP contribution in [0.3, 0.4) is 0 Å². The Morgan fingerprint density at radius 1 is 1.37 bits per heavy atom. The number of rotatable bonds is 2. The summed E-state index contributed by atoms with van der Waals surface area (Å²) in [7, 11) is -3.99. The number of hydrogen-bond acceptors (Lipinski definition) is 4. The molecule has 0 radical (unpaired) electrons. The van der Waals surface area contributed by atoms with Gasteiger partial charge in [0.2, 0.25) is 15.9 Å². The van der Waals surface area contributed by atoms with Crippen LogP contribution in [0.1, 0.15) is 12.5 Å². The molecule has 3 N–H and O–H groups in total. The number of carbonyl (C=O) groups is 1. The fourth-order valence-corrected chi connectivity index (χ4v) is 3.81. The summed E-state index contributed by atoms with van der Waals surface area (Å²) in [5.41, 5.74) is 0.500. The predicted octanol–water partition coefficient (Wildman–Crippen LogP) is -0.420. The second-order valence-corrected chi connectivity index (χ2v) is 6.31. The fraction of sp³-hybridized carbons (Fsp3) is 0.417. The zero-order chi connectivity index (χ0) is 14.1. The Kier molecular flexibility index (Phi) is 3.62. The van der Waals surface area contributed by atoms with Gasteiger partial charge in [-0.25, -0.2) is 13.6 Å². The summed E-state index contributed by atoms with van der Waals surface area (Å²) in [6.07, 6.45) is 0. The average molecular weight is 283 g/mol. The minimum absolute atomic E-state index is 0.0927. The lowest BCUT2D eigenvalue weighted by molar-refractivity contribution is -0.133. The van der Waals surface area contributed by atoms with E-state index in [4.69, 9.17) is 5.14 Å². The number of nitrogens with two attached hydrogens (primary N) is 1. The molecule has 1 aliphatic heterocycles. The van der Waals surface area contributed by atoms with E-state index in [1.165, 1.54) is 11.8 Å². The molecule has 0 aliphatic carbocycles. The summed E-state index contributed by atoms with van der Waals surface area (Å²) in [4.78, 5) is 11.6. The van der Waals surface area contributed by atoms with Gasteiger partial charge in [-0.15, -0.1) is 0 Å². The minimum Gasteiger partial charge on any atom is -0.316 e. The molecule has 104 valence electrons. The minimum atomic E-state index is -3.99. The van der Waals surface area contributed by atoms with E-state index in [2.05, 4.69) is 5.32 Å². The van der Waals surface area contributed by atoms with Crippen molar-refractivity contribution in [1.29, 1.82) is 0 Å². The highest BCUT2D eigenvalue weighted by Crippen LogP contribution is 2.34. The number of sulfonamides is 1. The smallest absolute Gasteiger partial charge is 0.239 e. The second kappa shape index (κ2) is 4.92. The van der Waals surface area contributed by atoms with Crippen molar-refractivity contribution in [3.05, 3.63) is 35.9 Å². The van der Waals surface area contributed by atoms with Crippen LogP contribution < -0.4 is 10.5 Å². The Morgan fingerprint density at radius 2 is 2.00 bits per heavy atom. The van der Waals surface area contributed by atoms with Crippen molar-refractivity contribution in [3.8, 4) is 0 Å². The van der Waals surface area contributed by atoms with Crippen molar-refractivity contribution in [1.82, 2.24) is 10.2 Å². The quantitative estimate of drug-likeness (QED) is 0.771. The zero-order valence-electron chi connectivity index (χ0n) is 10.7. The van der Waals surface area contributed by atoms with E-state index in [0.717, 1.165) is 0 Å². The molecule has 0 saturated carbocycles. The molecule has 1 aromatic rings. The Labute approximate surface area is 112 Å². The summed E-state index contributed by atoms with van der Waals surface area (Å²) in [5.74, 6) is -0.306. The van der Waals surface area contributed by atoms with Crippen LogP contribution in [0.4, 0.5) is 0 Å². The van der Waals surface area contributed by atoms with Gasteiger partial charge in [-0.05, 0) is 5.56 Å². The summed E-state index contributed by atoms with van der Waals surface area (Å²) in [6, 6.07) is 8.60. The first-order valence-electron chi connectivity index (χ1n) is 5.96. The molecular formula is C12H17N3O3S. The van der Waals surface area contributed by atoms with Crippen LogP contribution in [0.5, 0.6) is 0 Å². The number of amides is 1.